The minimum atomic E-state index is -1.76. The van der Waals surface area contributed by atoms with E-state index in [4.69, 9.17) is 41.9 Å². The van der Waals surface area contributed by atoms with Crippen LogP contribution in [0.5, 0.6) is 0 Å². The SMILES string of the molecule is NCC[C@H](O)C(=O)N[C@@H]1C[C@H](N)[C@@H](O[C@H]2O[C@H](CN)[C@@H](O)[C@H](O)[C@H]2O)[C@H](O)[C@H]1O[C@H]1O[C@H](CO)[C@@H](O)[C@H](N)[C@H]1O.[Au]. The molecule has 0 aromatic rings. The first-order chi connectivity index (χ1) is 18.9. The molecule has 3 rings (SSSR count). The molecule has 0 aromatic heterocycles. The van der Waals surface area contributed by atoms with Crippen LogP contribution in [0.25, 0.3) is 0 Å². The van der Waals surface area contributed by atoms with E-state index in [-0.39, 0.29) is 48.3 Å². The molecule has 245 valence electrons. The van der Waals surface area contributed by atoms with Crippen molar-refractivity contribution in [3.05, 3.63) is 0 Å². The van der Waals surface area contributed by atoms with Crippen LogP contribution < -0.4 is 28.3 Å². The molecule has 1 amide bonds. The van der Waals surface area contributed by atoms with Crippen LogP contribution in [0.3, 0.4) is 0 Å². The van der Waals surface area contributed by atoms with Crippen LogP contribution >= 0.6 is 0 Å². The van der Waals surface area contributed by atoms with E-state index >= 15 is 0 Å². The van der Waals surface area contributed by atoms with Gasteiger partial charge in [-0.2, -0.15) is 0 Å². The number of hydrogen-bond donors (Lipinski definition) is 13. The molecule has 41 heavy (non-hydrogen) atoms. The summed E-state index contributed by atoms with van der Waals surface area (Å²) in [6.45, 7) is -0.898. The first-order valence-electron chi connectivity index (χ1n) is 13.1. The Balaban J connectivity index is 0.00000588. The summed E-state index contributed by atoms with van der Waals surface area (Å²) in [6, 6.07) is -3.45. The van der Waals surface area contributed by atoms with Crippen LogP contribution in [-0.2, 0) is 46.1 Å². The molecular formula is C22H43AuN5O13. The van der Waals surface area contributed by atoms with Gasteiger partial charge in [-0.25, -0.2) is 0 Å². The zero-order valence-corrected chi connectivity index (χ0v) is 24.2. The Morgan fingerprint density at radius 1 is 0.854 bits per heavy atom. The zero-order valence-electron chi connectivity index (χ0n) is 22.0. The zero-order chi connectivity index (χ0) is 29.9. The molecule has 3 fully saturated rings. The van der Waals surface area contributed by atoms with Gasteiger partial charge in [0.05, 0.1) is 18.7 Å². The largest absolute Gasteiger partial charge is 0.394 e. The van der Waals surface area contributed by atoms with E-state index in [2.05, 4.69) is 5.32 Å². The summed E-state index contributed by atoms with van der Waals surface area (Å²) in [7, 11) is 0. The number of carbonyl (C=O) groups is 1. The van der Waals surface area contributed by atoms with Crippen molar-refractivity contribution < 1.29 is 87.0 Å². The predicted molar refractivity (Wildman–Crippen MR) is 131 cm³/mol. The van der Waals surface area contributed by atoms with Gasteiger partial charge in [0.1, 0.15) is 67.1 Å². The average molecular weight is 783 g/mol. The molecule has 19 heteroatoms. The third-order valence-electron chi connectivity index (χ3n) is 7.51. The molecule has 18 nitrogen and oxygen atoms in total. The van der Waals surface area contributed by atoms with Crippen molar-refractivity contribution in [1.82, 2.24) is 5.32 Å². The van der Waals surface area contributed by atoms with E-state index < -0.39 is 110 Å². The minimum absolute atomic E-state index is 0. The van der Waals surface area contributed by atoms with Crippen molar-refractivity contribution in [3.8, 4) is 0 Å². The molecule has 16 atom stereocenters. The predicted octanol–water partition coefficient (Wildman–Crippen LogP) is -8.43. The molecule has 0 bridgehead atoms. The second-order valence-electron chi connectivity index (χ2n) is 10.3. The second kappa shape index (κ2) is 16.0. The van der Waals surface area contributed by atoms with Gasteiger partial charge in [0.2, 0.25) is 5.91 Å². The van der Waals surface area contributed by atoms with Crippen molar-refractivity contribution in [3.63, 3.8) is 0 Å². The molecule has 0 spiro atoms. The molecule has 17 N–H and O–H groups in total. The van der Waals surface area contributed by atoms with Crippen molar-refractivity contribution in [2.24, 2.45) is 22.9 Å². The number of amides is 1. The van der Waals surface area contributed by atoms with Gasteiger partial charge in [-0.15, -0.1) is 0 Å². The molecule has 1 radical (unpaired) electrons. The fraction of sp³-hybridized carbons (Fsp3) is 0.955. The summed E-state index contributed by atoms with van der Waals surface area (Å²) in [5, 5.41) is 84.9. The van der Waals surface area contributed by atoms with Crippen molar-refractivity contribution in [2.45, 2.75) is 111 Å². The van der Waals surface area contributed by atoms with E-state index in [1.807, 2.05) is 0 Å². The Morgan fingerprint density at radius 3 is 2.02 bits per heavy atom. The molecule has 1 aliphatic carbocycles. The van der Waals surface area contributed by atoms with E-state index in [1.54, 1.807) is 0 Å². The Bertz CT molecular complexity index is 822. The van der Waals surface area contributed by atoms with Gasteiger partial charge in [0, 0.05) is 35.0 Å². The summed E-state index contributed by atoms with van der Waals surface area (Å²) >= 11 is 0. The quantitative estimate of drug-likeness (QED) is 0.0915. The Hall–Kier alpha value is -0.430. The molecule has 2 heterocycles. The number of ether oxygens (including phenoxy) is 4. The van der Waals surface area contributed by atoms with Gasteiger partial charge >= 0.3 is 0 Å². The van der Waals surface area contributed by atoms with E-state index in [1.165, 1.54) is 0 Å². The summed E-state index contributed by atoms with van der Waals surface area (Å²) in [6.07, 6.45) is -19.8. The van der Waals surface area contributed by atoms with Gasteiger partial charge in [0.25, 0.3) is 0 Å². The molecule has 3 aliphatic rings. The Kier molecular flexibility index (Phi) is 14.4. The van der Waals surface area contributed by atoms with Gasteiger partial charge in [-0.3, -0.25) is 4.79 Å². The monoisotopic (exact) mass is 782 g/mol. The first-order valence-corrected chi connectivity index (χ1v) is 13.1. The standard InChI is InChI=1S/C22H43N5O13.Au/c23-2-1-8(29)20(36)27-7-3-6(25)18(39-22-16(34)15(33)13(31)9(4-24)37-22)17(35)19(7)40-21-14(32)11(26)12(30)10(5-28)38-21;/h6-19,21-22,28-35H,1-5,23-26H2,(H,27,36);/t6-,7+,8-,9+,10+,11-,12+,13+,14+,15-,16+,17-,18+,19-,21+,22+;/m0./s1. The first kappa shape index (κ1) is 36.8. The van der Waals surface area contributed by atoms with E-state index in [0.29, 0.717) is 0 Å². The van der Waals surface area contributed by atoms with E-state index in [9.17, 15) is 45.6 Å². The molecular weight excluding hydrogens is 739 g/mol. The molecule has 2 saturated heterocycles. The maximum atomic E-state index is 12.6. The second-order valence-corrected chi connectivity index (χ2v) is 10.3. The smallest absolute Gasteiger partial charge is 0.249 e. The number of rotatable bonds is 10. The van der Waals surface area contributed by atoms with Gasteiger partial charge in [-0.05, 0) is 19.4 Å². The van der Waals surface area contributed by atoms with Gasteiger partial charge in [0.15, 0.2) is 12.6 Å². The van der Waals surface area contributed by atoms with Crippen LogP contribution in [0, 0.1) is 0 Å². The summed E-state index contributed by atoms with van der Waals surface area (Å²) in [5.74, 6) is -0.845. The third-order valence-corrected chi connectivity index (χ3v) is 7.51. The van der Waals surface area contributed by atoms with Crippen LogP contribution in [0.4, 0.5) is 0 Å². The molecule has 0 unspecified atom stereocenters. The molecule has 2 aliphatic heterocycles. The molecule has 1 saturated carbocycles. The number of aliphatic hydroxyl groups is 8. The van der Waals surface area contributed by atoms with Crippen LogP contribution in [-0.4, -0.2) is 164 Å². The Morgan fingerprint density at radius 2 is 1.44 bits per heavy atom. The summed E-state index contributed by atoms with van der Waals surface area (Å²) in [5.41, 5.74) is 23.1. The number of hydrogen-bond acceptors (Lipinski definition) is 17. The Labute approximate surface area is 251 Å². The van der Waals surface area contributed by atoms with Crippen molar-refractivity contribution in [2.75, 3.05) is 19.7 Å². The third kappa shape index (κ3) is 8.19. The fourth-order valence-corrected chi connectivity index (χ4v) is 5.07. The maximum Gasteiger partial charge on any atom is 0.249 e. The van der Waals surface area contributed by atoms with Crippen molar-refractivity contribution in [1.29, 1.82) is 0 Å². The fourth-order valence-electron chi connectivity index (χ4n) is 5.07. The topological polar surface area (TPSA) is 332 Å². The maximum absolute atomic E-state index is 12.6. The van der Waals surface area contributed by atoms with Crippen LogP contribution in [0.2, 0.25) is 0 Å². The summed E-state index contributed by atoms with van der Waals surface area (Å²) < 4.78 is 22.5. The average Bonchev–Trinajstić information content (AvgIpc) is 2.92. The number of carbonyl (C=O) groups excluding carboxylic acids is 1. The minimum Gasteiger partial charge on any atom is -0.394 e. The van der Waals surface area contributed by atoms with Crippen molar-refractivity contribution >= 4 is 5.91 Å². The van der Waals surface area contributed by atoms with Gasteiger partial charge < -0.3 is 88.1 Å². The van der Waals surface area contributed by atoms with Gasteiger partial charge in [-0.1, -0.05) is 0 Å². The molecule has 0 aromatic carbocycles. The normalized spacial score (nSPS) is 45.9. The van der Waals surface area contributed by atoms with Crippen LogP contribution in [0.15, 0.2) is 0 Å². The number of nitrogens with two attached hydrogens (primary N) is 4. The van der Waals surface area contributed by atoms with E-state index in [0.717, 1.165) is 0 Å². The number of aliphatic hydroxyl groups excluding tert-OH is 8. The summed E-state index contributed by atoms with van der Waals surface area (Å²) in [4.78, 5) is 12.6. The van der Waals surface area contributed by atoms with Crippen LogP contribution in [0.1, 0.15) is 12.8 Å². The number of nitrogens with one attached hydrogen (secondary N) is 1.